The van der Waals surface area contributed by atoms with Crippen molar-refractivity contribution in [1.82, 2.24) is 25.5 Å². The highest BCUT2D eigenvalue weighted by molar-refractivity contribution is 7.17. The number of amides is 3. The van der Waals surface area contributed by atoms with E-state index < -0.39 is 0 Å². The average Bonchev–Trinajstić information content (AvgIpc) is 3.12. The van der Waals surface area contributed by atoms with Crippen molar-refractivity contribution in [2.45, 2.75) is 26.7 Å². The van der Waals surface area contributed by atoms with Gasteiger partial charge in [-0.2, -0.15) is 0 Å². The molecule has 154 valence electrons. The van der Waals surface area contributed by atoms with Crippen LogP contribution in [0.5, 0.6) is 0 Å². The Labute approximate surface area is 173 Å². The van der Waals surface area contributed by atoms with Gasteiger partial charge in [-0.25, -0.2) is 4.98 Å². The standard InChI is InChI=1S/C20H25N5O3S/c1-13-17(29-19(24-13)15-5-3-7-21-11-15)20(28)25-10-4-6-16(12-25)18(27)23-9-8-22-14(2)26/h3,5,7,11,16H,4,6,8-10,12H2,1-2H3,(H,22,26)(H,23,27). The molecule has 3 rings (SSSR count). The first-order valence-electron chi connectivity index (χ1n) is 9.65. The molecule has 3 heterocycles. The Morgan fingerprint density at radius 2 is 2.07 bits per heavy atom. The number of pyridine rings is 1. The van der Waals surface area contributed by atoms with Gasteiger partial charge in [0.2, 0.25) is 11.8 Å². The number of aromatic nitrogens is 2. The van der Waals surface area contributed by atoms with E-state index in [0.29, 0.717) is 36.8 Å². The topological polar surface area (TPSA) is 104 Å². The van der Waals surface area contributed by atoms with Crippen LogP contribution in [0.4, 0.5) is 0 Å². The summed E-state index contributed by atoms with van der Waals surface area (Å²) in [5.74, 6) is -0.522. The Kier molecular flexibility index (Phi) is 6.92. The van der Waals surface area contributed by atoms with Crippen molar-refractivity contribution in [3.05, 3.63) is 35.1 Å². The molecule has 8 nitrogen and oxygen atoms in total. The maximum atomic E-state index is 13.1. The van der Waals surface area contributed by atoms with Crippen molar-refractivity contribution in [3.8, 4) is 10.6 Å². The quantitative estimate of drug-likeness (QED) is 0.698. The number of piperidine rings is 1. The van der Waals surface area contributed by atoms with Crippen LogP contribution < -0.4 is 10.6 Å². The van der Waals surface area contributed by atoms with Gasteiger partial charge < -0.3 is 15.5 Å². The highest BCUT2D eigenvalue weighted by Gasteiger charge is 2.30. The van der Waals surface area contributed by atoms with E-state index in [4.69, 9.17) is 0 Å². The van der Waals surface area contributed by atoms with E-state index in [1.54, 1.807) is 17.3 Å². The SMILES string of the molecule is CC(=O)NCCNC(=O)C1CCCN(C(=O)c2sc(-c3cccnc3)nc2C)C1. The van der Waals surface area contributed by atoms with Gasteiger partial charge in [0.15, 0.2) is 0 Å². The summed E-state index contributed by atoms with van der Waals surface area (Å²) in [5, 5.41) is 6.25. The zero-order valence-electron chi connectivity index (χ0n) is 16.6. The molecule has 3 amide bonds. The van der Waals surface area contributed by atoms with Crippen LogP contribution in [0.3, 0.4) is 0 Å². The normalized spacial score (nSPS) is 16.3. The van der Waals surface area contributed by atoms with Gasteiger partial charge in [-0.05, 0) is 31.9 Å². The summed E-state index contributed by atoms with van der Waals surface area (Å²) < 4.78 is 0. The van der Waals surface area contributed by atoms with Crippen molar-refractivity contribution in [3.63, 3.8) is 0 Å². The molecule has 0 radical (unpaired) electrons. The lowest BCUT2D eigenvalue weighted by Gasteiger charge is -2.31. The third kappa shape index (κ3) is 5.38. The van der Waals surface area contributed by atoms with Crippen molar-refractivity contribution in [2.75, 3.05) is 26.2 Å². The van der Waals surface area contributed by atoms with E-state index in [1.165, 1.54) is 18.3 Å². The Morgan fingerprint density at radius 1 is 1.28 bits per heavy atom. The van der Waals surface area contributed by atoms with Gasteiger partial charge >= 0.3 is 0 Å². The number of carbonyl (C=O) groups is 3. The van der Waals surface area contributed by atoms with Crippen LogP contribution in [-0.2, 0) is 9.59 Å². The molecule has 29 heavy (non-hydrogen) atoms. The fourth-order valence-corrected chi connectivity index (χ4v) is 4.32. The van der Waals surface area contributed by atoms with Crippen LogP contribution in [0.25, 0.3) is 10.6 Å². The Balaban J connectivity index is 1.62. The van der Waals surface area contributed by atoms with Crippen LogP contribution in [0, 0.1) is 12.8 Å². The van der Waals surface area contributed by atoms with Crippen LogP contribution in [0.15, 0.2) is 24.5 Å². The van der Waals surface area contributed by atoms with Crippen molar-refractivity contribution < 1.29 is 14.4 Å². The number of aryl methyl sites for hydroxylation is 1. The molecule has 2 N–H and O–H groups in total. The fraction of sp³-hybridized carbons (Fsp3) is 0.450. The largest absolute Gasteiger partial charge is 0.355 e. The van der Waals surface area contributed by atoms with Gasteiger partial charge in [0.25, 0.3) is 5.91 Å². The summed E-state index contributed by atoms with van der Waals surface area (Å²) in [6.45, 7) is 5.07. The molecule has 2 aromatic heterocycles. The zero-order chi connectivity index (χ0) is 20.8. The first-order valence-corrected chi connectivity index (χ1v) is 10.5. The Morgan fingerprint density at radius 3 is 2.79 bits per heavy atom. The number of likely N-dealkylation sites (tertiary alicyclic amines) is 1. The van der Waals surface area contributed by atoms with Gasteiger partial charge in [-0.3, -0.25) is 19.4 Å². The molecule has 1 fully saturated rings. The first kappa shape index (κ1) is 20.9. The van der Waals surface area contributed by atoms with Crippen molar-refractivity contribution in [2.24, 2.45) is 5.92 Å². The van der Waals surface area contributed by atoms with E-state index >= 15 is 0 Å². The number of rotatable bonds is 6. The van der Waals surface area contributed by atoms with E-state index in [1.807, 2.05) is 19.1 Å². The van der Waals surface area contributed by atoms with Crippen molar-refractivity contribution >= 4 is 29.1 Å². The number of thiazole rings is 1. The lowest BCUT2D eigenvalue weighted by Crippen LogP contribution is -2.46. The molecule has 0 saturated carbocycles. The highest BCUT2D eigenvalue weighted by Crippen LogP contribution is 2.29. The highest BCUT2D eigenvalue weighted by atomic mass is 32.1. The summed E-state index contributed by atoms with van der Waals surface area (Å²) >= 11 is 1.36. The molecule has 1 unspecified atom stereocenters. The second-order valence-electron chi connectivity index (χ2n) is 7.04. The number of hydrogen-bond acceptors (Lipinski definition) is 6. The maximum Gasteiger partial charge on any atom is 0.265 e. The second-order valence-corrected chi connectivity index (χ2v) is 8.04. The van der Waals surface area contributed by atoms with Crippen molar-refractivity contribution in [1.29, 1.82) is 0 Å². The number of nitrogens with one attached hydrogen (secondary N) is 2. The lowest BCUT2D eigenvalue weighted by atomic mass is 9.97. The summed E-state index contributed by atoms with van der Waals surface area (Å²) in [5.41, 5.74) is 1.58. The molecule has 0 aromatic carbocycles. The maximum absolute atomic E-state index is 13.1. The van der Waals surface area contributed by atoms with Crippen LogP contribution in [0.2, 0.25) is 0 Å². The smallest absolute Gasteiger partial charge is 0.265 e. The molecular weight excluding hydrogens is 390 g/mol. The number of nitrogens with zero attached hydrogens (tertiary/aromatic N) is 3. The van der Waals surface area contributed by atoms with Gasteiger partial charge in [-0.1, -0.05) is 0 Å². The zero-order valence-corrected chi connectivity index (χ0v) is 17.4. The molecule has 1 aliphatic rings. The molecule has 1 atom stereocenters. The molecule has 0 spiro atoms. The summed E-state index contributed by atoms with van der Waals surface area (Å²) in [4.78, 5) is 47.4. The molecule has 2 aromatic rings. The molecule has 1 saturated heterocycles. The van der Waals surface area contributed by atoms with Crippen LogP contribution in [-0.4, -0.2) is 58.8 Å². The fourth-order valence-electron chi connectivity index (χ4n) is 3.30. The van der Waals surface area contributed by atoms with Crippen LogP contribution in [0.1, 0.15) is 35.1 Å². The van der Waals surface area contributed by atoms with Crippen LogP contribution >= 0.6 is 11.3 Å². The van der Waals surface area contributed by atoms with E-state index in [2.05, 4.69) is 20.6 Å². The third-order valence-corrected chi connectivity index (χ3v) is 5.97. The summed E-state index contributed by atoms with van der Waals surface area (Å²) in [6, 6.07) is 3.76. The summed E-state index contributed by atoms with van der Waals surface area (Å²) in [6.07, 6.45) is 4.96. The van der Waals surface area contributed by atoms with Gasteiger partial charge in [0.1, 0.15) is 9.88 Å². The molecule has 0 aliphatic carbocycles. The molecule has 1 aliphatic heterocycles. The van der Waals surface area contributed by atoms with Gasteiger partial charge in [-0.15, -0.1) is 11.3 Å². The van der Waals surface area contributed by atoms with E-state index in [9.17, 15) is 14.4 Å². The minimum absolute atomic E-state index is 0.0779. The molecule has 0 bridgehead atoms. The lowest BCUT2D eigenvalue weighted by molar-refractivity contribution is -0.126. The predicted molar refractivity (Wildman–Crippen MR) is 110 cm³/mol. The monoisotopic (exact) mass is 415 g/mol. The third-order valence-electron chi connectivity index (χ3n) is 4.78. The average molecular weight is 416 g/mol. The van der Waals surface area contributed by atoms with Gasteiger partial charge in [0.05, 0.1) is 11.6 Å². The minimum atomic E-state index is -0.240. The first-order chi connectivity index (χ1) is 14.0. The molecular formula is C20H25N5O3S. The summed E-state index contributed by atoms with van der Waals surface area (Å²) in [7, 11) is 0. The van der Waals surface area contributed by atoms with E-state index in [-0.39, 0.29) is 23.6 Å². The second kappa shape index (κ2) is 9.60. The minimum Gasteiger partial charge on any atom is -0.355 e. The Bertz CT molecular complexity index is 883. The Hall–Kier alpha value is -2.81. The van der Waals surface area contributed by atoms with Gasteiger partial charge in [0, 0.05) is 51.1 Å². The molecule has 9 heteroatoms. The number of hydrogen-bond donors (Lipinski definition) is 2. The predicted octanol–water partition coefficient (Wildman–Crippen LogP) is 1.62. The van der Waals surface area contributed by atoms with E-state index in [0.717, 1.165) is 23.4 Å². The number of carbonyl (C=O) groups excluding carboxylic acids is 3.